The van der Waals surface area contributed by atoms with Gasteiger partial charge in [-0.3, -0.25) is 0 Å². The Labute approximate surface area is 119 Å². The van der Waals surface area contributed by atoms with E-state index in [4.69, 9.17) is 13.9 Å². The highest BCUT2D eigenvalue weighted by Crippen LogP contribution is 2.28. The summed E-state index contributed by atoms with van der Waals surface area (Å²) in [6, 6.07) is 10.00. The number of hydrogen-bond acceptors (Lipinski definition) is 3. The molecule has 0 unspecified atom stereocenters. The molecule has 0 spiro atoms. The van der Waals surface area contributed by atoms with Gasteiger partial charge in [-0.2, -0.15) is 0 Å². The van der Waals surface area contributed by atoms with Crippen LogP contribution in [0.25, 0.3) is 0 Å². The van der Waals surface area contributed by atoms with Gasteiger partial charge in [-0.05, 0) is 44.2 Å². The predicted octanol–water partition coefficient (Wildman–Crippen LogP) is 2.34. The lowest BCUT2D eigenvalue weighted by Crippen LogP contribution is -2.80. The van der Waals surface area contributed by atoms with Crippen LogP contribution in [0.4, 0.5) is 0 Å². The van der Waals surface area contributed by atoms with Crippen LogP contribution in [0.15, 0.2) is 41.0 Å². The number of rotatable bonds is 8. The van der Waals surface area contributed by atoms with E-state index in [9.17, 15) is 0 Å². The van der Waals surface area contributed by atoms with Gasteiger partial charge >= 0.3 is 0 Å². The lowest BCUT2D eigenvalue weighted by atomic mass is 10.2. The molecule has 0 radical (unpaired) electrons. The van der Waals surface area contributed by atoms with Crippen LogP contribution in [-0.2, 0) is 13.1 Å². The molecule has 2 aromatic rings. The average molecular weight is 276 g/mol. The van der Waals surface area contributed by atoms with Crippen LogP contribution in [-0.4, -0.2) is 13.2 Å². The molecule has 0 bridgehead atoms. The maximum absolute atomic E-state index is 5.63. The topological polar surface area (TPSA) is 48.2 Å². The van der Waals surface area contributed by atoms with Crippen LogP contribution in [0.3, 0.4) is 0 Å². The summed E-state index contributed by atoms with van der Waals surface area (Å²) >= 11 is 0. The quantitative estimate of drug-likeness (QED) is 0.805. The minimum atomic E-state index is 0.639. The second-order valence-corrected chi connectivity index (χ2v) is 4.42. The maximum Gasteiger partial charge on any atom is 0.161 e. The molecule has 0 aliphatic carbocycles. The summed E-state index contributed by atoms with van der Waals surface area (Å²) in [5.74, 6) is 2.61. The molecular weight excluding hydrogens is 254 g/mol. The molecule has 1 aromatic heterocycles. The monoisotopic (exact) mass is 276 g/mol. The largest absolute Gasteiger partial charge is 0.490 e. The molecule has 108 valence electrons. The van der Waals surface area contributed by atoms with Crippen LogP contribution >= 0.6 is 0 Å². The smallest absolute Gasteiger partial charge is 0.161 e. The first-order valence-corrected chi connectivity index (χ1v) is 7.06. The zero-order chi connectivity index (χ0) is 14.2. The summed E-state index contributed by atoms with van der Waals surface area (Å²) in [6.07, 6.45) is 1.70. The van der Waals surface area contributed by atoms with Gasteiger partial charge in [0.25, 0.3) is 0 Å². The molecule has 0 amide bonds. The fourth-order valence-electron chi connectivity index (χ4n) is 2.03. The van der Waals surface area contributed by atoms with E-state index >= 15 is 0 Å². The van der Waals surface area contributed by atoms with Crippen LogP contribution in [0.5, 0.6) is 11.5 Å². The van der Waals surface area contributed by atoms with Crippen molar-refractivity contribution in [2.75, 3.05) is 13.2 Å². The van der Waals surface area contributed by atoms with Crippen molar-refractivity contribution < 1.29 is 19.2 Å². The summed E-state index contributed by atoms with van der Waals surface area (Å²) in [5, 5.41) is 2.20. The molecular formula is C16H22NO3+. The Bertz CT molecular complexity index is 508. The molecule has 0 aliphatic rings. The van der Waals surface area contributed by atoms with E-state index in [2.05, 4.69) is 11.4 Å². The van der Waals surface area contributed by atoms with E-state index in [1.807, 2.05) is 38.1 Å². The molecule has 0 fully saturated rings. The summed E-state index contributed by atoms with van der Waals surface area (Å²) in [5.41, 5.74) is 1.21. The fraction of sp³-hybridized carbons (Fsp3) is 0.375. The number of nitrogens with two attached hydrogens (primary N) is 1. The molecule has 2 N–H and O–H groups in total. The van der Waals surface area contributed by atoms with E-state index in [0.29, 0.717) is 13.2 Å². The molecule has 0 aliphatic heterocycles. The molecule has 0 saturated carbocycles. The summed E-state index contributed by atoms with van der Waals surface area (Å²) in [7, 11) is 0. The van der Waals surface area contributed by atoms with E-state index in [0.717, 1.165) is 30.3 Å². The van der Waals surface area contributed by atoms with Crippen molar-refractivity contribution >= 4 is 0 Å². The molecule has 20 heavy (non-hydrogen) atoms. The number of benzene rings is 1. The van der Waals surface area contributed by atoms with Crippen molar-refractivity contribution in [1.82, 2.24) is 0 Å². The van der Waals surface area contributed by atoms with Crippen LogP contribution in [0, 0.1) is 0 Å². The van der Waals surface area contributed by atoms with Gasteiger partial charge in [0.2, 0.25) is 0 Å². The zero-order valence-corrected chi connectivity index (χ0v) is 12.1. The molecule has 1 heterocycles. The lowest BCUT2D eigenvalue weighted by Gasteiger charge is -2.11. The van der Waals surface area contributed by atoms with E-state index < -0.39 is 0 Å². The normalized spacial score (nSPS) is 10.5. The Morgan fingerprint density at radius 3 is 2.50 bits per heavy atom. The third-order valence-electron chi connectivity index (χ3n) is 2.91. The molecule has 0 atom stereocenters. The Kier molecular flexibility index (Phi) is 5.50. The number of furan rings is 1. The van der Waals surface area contributed by atoms with Gasteiger partial charge in [0.15, 0.2) is 17.3 Å². The minimum Gasteiger partial charge on any atom is -0.490 e. The molecule has 1 aromatic carbocycles. The molecule has 4 heteroatoms. The van der Waals surface area contributed by atoms with Gasteiger partial charge in [0.1, 0.15) is 13.1 Å². The van der Waals surface area contributed by atoms with E-state index in [1.165, 1.54) is 5.56 Å². The van der Waals surface area contributed by atoms with Gasteiger partial charge in [-0.15, -0.1) is 0 Å². The lowest BCUT2D eigenvalue weighted by molar-refractivity contribution is -0.688. The van der Waals surface area contributed by atoms with Crippen molar-refractivity contribution in [3.05, 3.63) is 47.9 Å². The van der Waals surface area contributed by atoms with Crippen molar-refractivity contribution in [2.45, 2.75) is 26.9 Å². The Balaban J connectivity index is 1.95. The average Bonchev–Trinajstić information content (AvgIpc) is 2.95. The van der Waals surface area contributed by atoms with Gasteiger partial charge in [0, 0.05) is 5.56 Å². The fourth-order valence-corrected chi connectivity index (χ4v) is 2.03. The predicted molar refractivity (Wildman–Crippen MR) is 76.8 cm³/mol. The Morgan fingerprint density at radius 2 is 1.80 bits per heavy atom. The molecule has 4 nitrogen and oxygen atoms in total. The van der Waals surface area contributed by atoms with Crippen molar-refractivity contribution in [3.63, 3.8) is 0 Å². The second-order valence-electron chi connectivity index (χ2n) is 4.42. The standard InChI is InChI=1S/C16H21NO3/c1-3-18-15-8-7-13(10-16(15)19-4-2)11-17-12-14-6-5-9-20-14/h5-10,17H,3-4,11-12H2,1-2H3/p+1. The van der Waals surface area contributed by atoms with Gasteiger partial charge in [-0.25, -0.2) is 0 Å². The third kappa shape index (κ3) is 4.03. The first-order valence-electron chi connectivity index (χ1n) is 7.06. The summed E-state index contributed by atoms with van der Waals surface area (Å²) in [4.78, 5) is 0. The highest BCUT2D eigenvalue weighted by Gasteiger charge is 2.07. The summed E-state index contributed by atoms with van der Waals surface area (Å²) < 4.78 is 16.5. The summed E-state index contributed by atoms with van der Waals surface area (Å²) in [6.45, 7) is 6.95. The SMILES string of the molecule is CCOc1ccc(C[NH2+]Cc2ccco2)cc1OCC. The molecule has 0 saturated heterocycles. The minimum absolute atomic E-state index is 0.639. The van der Waals surface area contributed by atoms with E-state index in [-0.39, 0.29) is 0 Å². The maximum atomic E-state index is 5.63. The zero-order valence-electron chi connectivity index (χ0n) is 12.1. The number of ether oxygens (including phenoxy) is 2. The van der Waals surface area contributed by atoms with Crippen molar-refractivity contribution in [1.29, 1.82) is 0 Å². The van der Waals surface area contributed by atoms with Gasteiger partial charge in [0.05, 0.1) is 19.5 Å². The van der Waals surface area contributed by atoms with Crippen molar-refractivity contribution in [3.8, 4) is 11.5 Å². The number of quaternary nitrogens is 1. The first kappa shape index (κ1) is 14.5. The highest BCUT2D eigenvalue weighted by atomic mass is 16.5. The first-order chi connectivity index (χ1) is 9.83. The third-order valence-corrected chi connectivity index (χ3v) is 2.91. The highest BCUT2D eigenvalue weighted by molar-refractivity contribution is 5.42. The Hall–Kier alpha value is -1.94. The van der Waals surface area contributed by atoms with Crippen LogP contribution in [0.2, 0.25) is 0 Å². The Morgan fingerprint density at radius 1 is 1.00 bits per heavy atom. The van der Waals surface area contributed by atoms with E-state index in [1.54, 1.807) is 6.26 Å². The number of hydrogen-bond donors (Lipinski definition) is 1. The molecule has 2 rings (SSSR count). The second kappa shape index (κ2) is 7.60. The van der Waals surface area contributed by atoms with Crippen LogP contribution in [0.1, 0.15) is 25.2 Å². The van der Waals surface area contributed by atoms with Crippen LogP contribution < -0.4 is 14.8 Å². The van der Waals surface area contributed by atoms with Gasteiger partial charge in [-0.1, -0.05) is 0 Å². The van der Waals surface area contributed by atoms with Crippen molar-refractivity contribution in [2.24, 2.45) is 0 Å². The van der Waals surface area contributed by atoms with Gasteiger partial charge < -0.3 is 19.2 Å².